The molecule has 5 rings (SSSR count). The van der Waals surface area contributed by atoms with Crippen LogP contribution in [-0.4, -0.2) is 75.0 Å². The fourth-order valence-electron chi connectivity index (χ4n) is 7.09. The van der Waals surface area contributed by atoms with Crippen molar-refractivity contribution in [2.75, 3.05) is 37.0 Å². The molecule has 3 N–H and O–H groups in total. The summed E-state index contributed by atoms with van der Waals surface area (Å²) in [4.78, 5) is 43.6. The second-order valence-electron chi connectivity index (χ2n) is 12.2. The van der Waals surface area contributed by atoms with Crippen LogP contribution in [0.3, 0.4) is 0 Å². The van der Waals surface area contributed by atoms with E-state index >= 15 is 4.11 Å². The summed E-state index contributed by atoms with van der Waals surface area (Å²) in [5, 5.41) is 15.8. The van der Waals surface area contributed by atoms with Crippen molar-refractivity contribution in [2.45, 2.75) is 69.1 Å². The first-order valence-corrected chi connectivity index (χ1v) is 17.7. The SMILES string of the molecule is C[C@@H]1[C@@H]([Si](C)(C)F)[C@H](CC(=O)N(CCO)Cc2ccccc2)O[C@@]12C(=O)N(C)c1ccc(NC(=O)[C@H]3CCCN3)cc12. The van der Waals surface area contributed by atoms with Gasteiger partial charge in [0.15, 0.2) is 5.60 Å². The highest BCUT2D eigenvalue weighted by Crippen LogP contribution is 2.60. The van der Waals surface area contributed by atoms with Crippen molar-refractivity contribution in [1.29, 1.82) is 0 Å². The van der Waals surface area contributed by atoms with Crippen LogP contribution in [0.4, 0.5) is 15.5 Å². The third kappa shape index (κ3) is 5.50. The van der Waals surface area contributed by atoms with Crippen LogP contribution in [0.1, 0.15) is 37.3 Å². The second-order valence-corrected chi connectivity index (χ2v) is 16.0. The zero-order valence-electron chi connectivity index (χ0n) is 24.7. The predicted molar refractivity (Wildman–Crippen MR) is 161 cm³/mol. The number of nitrogens with one attached hydrogen (secondary N) is 2. The average Bonchev–Trinajstić information content (AvgIpc) is 3.64. The monoisotopic (exact) mass is 596 g/mol. The van der Waals surface area contributed by atoms with Gasteiger partial charge in [0.25, 0.3) is 5.91 Å². The molecule has 9 nitrogen and oxygen atoms in total. The number of aliphatic hydroxyl groups is 1. The number of benzene rings is 2. The van der Waals surface area contributed by atoms with Gasteiger partial charge in [-0.3, -0.25) is 14.4 Å². The van der Waals surface area contributed by atoms with Gasteiger partial charge in [-0.25, -0.2) is 0 Å². The van der Waals surface area contributed by atoms with E-state index in [1.54, 1.807) is 43.2 Å². The van der Waals surface area contributed by atoms with E-state index in [1.807, 2.05) is 37.3 Å². The van der Waals surface area contributed by atoms with E-state index in [2.05, 4.69) is 10.6 Å². The number of rotatable bonds is 9. The zero-order chi connectivity index (χ0) is 30.2. The molecule has 5 atom stereocenters. The molecule has 0 radical (unpaired) electrons. The summed E-state index contributed by atoms with van der Waals surface area (Å²) >= 11 is 0. The van der Waals surface area contributed by atoms with Gasteiger partial charge in [-0.15, -0.1) is 0 Å². The van der Waals surface area contributed by atoms with Crippen molar-refractivity contribution in [2.24, 2.45) is 5.92 Å². The molecule has 3 amide bonds. The maximum Gasteiger partial charge on any atom is 0.264 e. The number of hydrogen-bond acceptors (Lipinski definition) is 6. The number of ether oxygens (including phenoxy) is 1. The van der Waals surface area contributed by atoms with E-state index < -0.39 is 31.6 Å². The number of hydrogen-bond donors (Lipinski definition) is 3. The van der Waals surface area contributed by atoms with E-state index in [9.17, 15) is 19.5 Å². The molecule has 3 heterocycles. The number of nitrogens with zero attached hydrogens (tertiary/aromatic N) is 2. The first-order chi connectivity index (χ1) is 20.0. The normalized spacial score (nSPS) is 27.0. The Hall–Kier alpha value is -3.12. The van der Waals surface area contributed by atoms with Crippen molar-refractivity contribution in [3.63, 3.8) is 0 Å². The van der Waals surface area contributed by atoms with Gasteiger partial charge in [0.2, 0.25) is 20.2 Å². The first kappa shape index (κ1) is 30.3. The minimum Gasteiger partial charge on any atom is -0.395 e. The molecule has 2 aromatic rings. The molecule has 2 saturated heterocycles. The molecule has 0 saturated carbocycles. The molecule has 0 aromatic heterocycles. The summed E-state index contributed by atoms with van der Waals surface area (Å²) in [5.74, 6) is -1.27. The van der Waals surface area contributed by atoms with Crippen LogP contribution in [0.25, 0.3) is 0 Å². The number of carbonyl (C=O) groups is 3. The minimum absolute atomic E-state index is 0.111. The highest BCUT2D eigenvalue weighted by molar-refractivity contribution is 6.72. The number of aliphatic hydroxyl groups excluding tert-OH is 1. The van der Waals surface area contributed by atoms with Crippen LogP contribution in [0.2, 0.25) is 18.6 Å². The van der Waals surface area contributed by atoms with Crippen LogP contribution in [0, 0.1) is 5.92 Å². The van der Waals surface area contributed by atoms with E-state index in [-0.39, 0.29) is 43.3 Å². The number of halogens is 1. The molecule has 0 aliphatic carbocycles. The molecule has 2 aromatic carbocycles. The molecule has 2 fully saturated rings. The van der Waals surface area contributed by atoms with Crippen LogP contribution in [-0.2, 0) is 31.3 Å². The lowest BCUT2D eigenvalue weighted by Gasteiger charge is -2.31. The molecule has 3 aliphatic heterocycles. The Bertz CT molecular complexity index is 1330. The maximum atomic E-state index is 16.1. The summed E-state index contributed by atoms with van der Waals surface area (Å²) < 4.78 is 22.8. The Morgan fingerprint density at radius 1 is 1.24 bits per heavy atom. The summed E-state index contributed by atoms with van der Waals surface area (Å²) in [6.07, 6.45) is 0.745. The van der Waals surface area contributed by atoms with Crippen molar-refractivity contribution in [3.05, 3.63) is 59.7 Å². The van der Waals surface area contributed by atoms with Crippen molar-refractivity contribution in [3.8, 4) is 0 Å². The molecule has 0 bridgehead atoms. The van der Waals surface area contributed by atoms with E-state index in [0.717, 1.165) is 24.9 Å². The fourth-order valence-corrected chi connectivity index (χ4v) is 9.58. The van der Waals surface area contributed by atoms with Gasteiger partial charge in [0, 0.05) is 42.8 Å². The van der Waals surface area contributed by atoms with Crippen molar-refractivity contribution >= 4 is 37.5 Å². The average molecular weight is 597 g/mol. The predicted octanol–water partition coefficient (Wildman–Crippen LogP) is 3.54. The summed E-state index contributed by atoms with van der Waals surface area (Å²) in [6.45, 7) is 6.05. The van der Waals surface area contributed by atoms with Crippen LogP contribution in [0.5, 0.6) is 0 Å². The van der Waals surface area contributed by atoms with Gasteiger partial charge >= 0.3 is 0 Å². The number of carbonyl (C=O) groups excluding carboxylic acids is 3. The summed E-state index contributed by atoms with van der Waals surface area (Å²) in [5.41, 5.74) is 0.545. The van der Waals surface area contributed by atoms with Gasteiger partial charge in [0.1, 0.15) is 0 Å². The van der Waals surface area contributed by atoms with Gasteiger partial charge in [-0.05, 0) is 56.2 Å². The Labute approximate surface area is 247 Å². The molecule has 0 unspecified atom stereocenters. The summed E-state index contributed by atoms with van der Waals surface area (Å²) in [7, 11) is -1.79. The van der Waals surface area contributed by atoms with E-state index in [0.29, 0.717) is 23.5 Å². The first-order valence-electron chi connectivity index (χ1n) is 14.7. The van der Waals surface area contributed by atoms with Crippen LogP contribution >= 0.6 is 0 Å². The lowest BCUT2D eigenvalue weighted by molar-refractivity contribution is -0.149. The third-order valence-electron chi connectivity index (χ3n) is 9.05. The van der Waals surface area contributed by atoms with Crippen LogP contribution < -0.4 is 15.5 Å². The molecular formula is C31H41FN4O5Si. The Kier molecular flexibility index (Phi) is 8.57. The fraction of sp³-hybridized carbons (Fsp3) is 0.516. The maximum absolute atomic E-state index is 16.1. The van der Waals surface area contributed by atoms with Gasteiger partial charge < -0.3 is 34.4 Å². The number of anilines is 2. The smallest absolute Gasteiger partial charge is 0.264 e. The molecule has 226 valence electrons. The van der Waals surface area contributed by atoms with Gasteiger partial charge in [-0.2, -0.15) is 0 Å². The second kappa shape index (κ2) is 11.9. The van der Waals surface area contributed by atoms with E-state index in [1.165, 1.54) is 4.90 Å². The van der Waals surface area contributed by atoms with Crippen LogP contribution in [0.15, 0.2) is 48.5 Å². The molecule has 3 aliphatic rings. The third-order valence-corrected chi connectivity index (χ3v) is 11.5. The quantitative estimate of drug-likeness (QED) is 0.302. The Balaban J connectivity index is 1.46. The molecule has 11 heteroatoms. The zero-order valence-corrected chi connectivity index (χ0v) is 25.7. The van der Waals surface area contributed by atoms with Gasteiger partial charge in [0.05, 0.1) is 30.9 Å². The van der Waals surface area contributed by atoms with Gasteiger partial charge in [-0.1, -0.05) is 37.3 Å². The Morgan fingerprint density at radius 2 is 1.98 bits per heavy atom. The number of amides is 3. The molecule has 42 heavy (non-hydrogen) atoms. The number of likely N-dealkylation sites (N-methyl/N-ethyl adjacent to an activating group) is 1. The largest absolute Gasteiger partial charge is 0.395 e. The highest BCUT2D eigenvalue weighted by Gasteiger charge is 2.66. The molecule has 1 spiro atoms. The summed E-state index contributed by atoms with van der Waals surface area (Å²) in [6, 6.07) is 14.5. The molecular weight excluding hydrogens is 555 g/mol. The van der Waals surface area contributed by atoms with Crippen molar-refractivity contribution < 1.29 is 28.3 Å². The lowest BCUT2D eigenvalue weighted by Crippen LogP contribution is -2.44. The standard InChI is InChI=1S/C31H41FN4O5Si/c1-20-28(42(3,4)32)26(18-27(38)36(15-16-37)19-21-9-6-5-7-10-21)41-31(20)23-17-22(12-13-25(23)35(2)30(31)40)34-29(39)24-11-8-14-33-24/h5-7,9-10,12-13,17,20,24,26,28,33,37H,8,11,14-16,18-19H2,1-4H3,(H,34,39)/t20-,24-,26+,28-,31+/m1/s1. The highest BCUT2D eigenvalue weighted by atomic mass is 28.4. The lowest BCUT2D eigenvalue weighted by atomic mass is 9.82. The topological polar surface area (TPSA) is 111 Å². The van der Waals surface area contributed by atoms with Crippen molar-refractivity contribution in [1.82, 2.24) is 10.2 Å². The Morgan fingerprint density at radius 3 is 2.62 bits per heavy atom. The van der Waals surface area contributed by atoms with E-state index in [4.69, 9.17) is 4.74 Å². The number of fused-ring (bicyclic) bond motifs is 2. The minimum atomic E-state index is -3.46.